The van der Waals surface area contributed by atoms with Gasteiger partial charge in [0.2, 0.25) is 5.95 Å². The van der Waals surface area contributed by atoms with Gasteiger partial charge in [-0.1, -0.05) is 11.6 Å². The van der Waals surface area contributed by atoms with Gasteiger partial charge >= 0.3 is 0 Å². The third-order valence-corrected chi connectivity index (χ3v) is 3.53. The first kappa shape index (κ1) is 15.9. The number of nitrogens with two attached hydrogens (primary N) is 1. The summed E-state index contributed by atoms with van der Waals surface area (Å²) in [6.45, 7) is 1.87. The van der Waals surface area contributed by atoms with Crippen molar-refractivity contribution in [1.29, 1.82) is 0 Å². The zero-order valence-corrected chi connectivity index (χ0v) is 13.6. The summed E-state index contributed by atoms with van der Waals surface area (Å²) in [5.74, 6) is 1.75. The van der Waals surface area contributed by atoms with Crippen LogP contribution in [0.1, 0.15) is 5.56 Å². The maximum absolute atomic E-state index is 9.51. The van der Waals surface area contributed by atoms with E-state index in [1.165, 1.54) is 6.20 Å². The molecule has 7 heteroatoms. The van der Waals surface area contributed by atoms with Crippen molar-refractivity contribution in [2.45, 2.75) is 6.92 Å². The third kappa shape index (κ3) is 3.67. The smallest absolute Gasteiger partial charge is 0.222 e. The fourth-order valence-electron chi connectivity index (χ4n) is 2.09. The van der Waals surface area contributed by atoms with Crippen LogP contribution >= 0.6 is 11.6 Å². The zero-order valence-electron chi connectivity index (χ0n) is 12.8. The maximum atomic E-state index is 9.51. The summed E-state index contributed by atoms with van der Waals surface area (Å²) in [6.07, 6.45) is 1.50. The highest BCUT2D eigenvalue weighted by Gasteiger charge is 2.11. The molecule has 3 aromatic rings. The average Bonchev–Trinajstić information content (AvgIpc) is 2.54. The van der Waals surface area contributed by atoms with Gasteiger partial charge in [-0.2, -0.15) is 4.98 Å². The number of anilines is 3. The number of aromatic nitrogens is 2. The minimum atomic E-state index is 0.123. The van der Waals surface area contributed by atoms with Gasteiger partial charge in [-0.15, -0.1) is 0 Å². The molecule has 0 aliphatic heterocycles. The number of nitrogen functional groups attached to an aromatic ring is 1. The highest BCUT2D eigenvalue weighted by Crippen LogP contribution is 2.32. The van der Waals surface area contributed by atoms with E-state index in [0.29, 0.717) is 22.3 Å². The molecule has 1 heterocycles. The lowest BCUT2D eigenvalue weighted by Gasteiger charge is -2.14. The van der Waals surface area contributed by atoms with Crippen molar-refractivity contribution < 1.29 is 9.84 Å². The highest BCUT2D eigenvalue weighted by molar-refractivity contribution is 6.30. The Kier molecular flexibility index (Phi) is 4.39. The summed E-state index contributed by atoms with van der Waals surface area (Å²) in [5.41, 5.74) is 7.30. The molecule has 0 bridgehead atoms. The van der Waals surface area contributed by atoms with Crippen LogP contribution in [0, 0.1) is 6.92 Å². The number of phenols is 1. The van der Waals surface area contributed by atoms with Crippen LogP contribution in [0.4, 0.5) is 17.5 Å². The molecule has 3 rings (SSSR count). The van der Waals surface area contributed by atoms with Crippen molar-refractivity contribution in [3.8, 4) is 17.2 Å². The van der Waals surface area contributed by atoms with E-state index in [9.17, 15) is 5.11 Å². The van der Waals surface area contributed by atoms with Crippen LogP contribution < -0.4 is 15.8 Å². The van der Waals surface area contributed by atoms with Crippen molar-refractivity contribution in [2.75, 3.05) is 11.1 Å². The van der Waals surface area contributed by atoms with E-state index >= 15 is 0 Å². The van der Waals surface area contributed by atoms with Gasteiger partial charge in [-0.25, -0.2) is 4.98 Å². The number of rotatable bonds is 4. The molecule has 0 saturated carbocycles. The van der Waals surface area contributed by atoms with Crippen molar-refractivity contribution in [3.63, 3.8) is 0 Å². The predicted octanol–water partition coefficient (Wildman–Crippen LogP) is 4.26. The normalized spacial score (nSPS) is 10.4. The van der Waals surface area contributed by atoms with Gasteiger partial charge < -0.3 is 20.9 Å². The SMILES string of the molecule is Cc1cc(O)ccc1Nc1nc(N)ncc1Oc1ccc(Cl)cc1. The summed E-state index contributed by atoms with van der Waals surface area (Å²) in [5, 5.41) is 13.3. The molecule has 4 N–H and O–H groups in total. The third-order valence-electron chi connectivity index (χ3n) is 3.28. The first-order valence-corrected chi connectivity index (χ1v) is 7.51. The average molecular weight is 343 g/mol. The van der Waals surface area contributed by atoms with Crippen molar-refractivity contribution in [3.05, 3.63) is 59.2 Å². The summed E-state index contributed by atoms with van der Waals surface area (Å²) in [6, 6.07) is 11.9. The van der Waals surface area contributed by atoms with Crippen molar-refractivity contribution >= 4 is 29.1 Å². The summed E-state index contributed by atoms with van der Waals surface area (Å²) < 4.78 is 5.80. The van der Waals surface area contributed by atoms with Gasteiger partial charge in [0.1, 0.15) is 11.5 Å². The number of benzene rings is 2. The lowest BCUT2D eigenvalue weighted by molar-refractivity contribution is 0.475. The molecule has 122 valence electrons. The maximum Gasteiger partial charge on any atom is 0.222 e. The molecule has 0 radical (unpaired) electrons. The van der Waals surface area contributed by atoms with Crippen LogP contribution in [0.15, 0.2) is 48.7 Å². The first-order valence-electron chi connectivity index (χ1n) is 7.14. The molecule has 0 aliphatic rings. The molecule has 0 fully saturated rings. The van der Waals surface area contributed by atoms with E-state index < -0.39 is 0 Å². The number of phenolic OH excluding ortho intramolecular Hbond substituents is 1. The van der Waals surface area contributed by atoms with Crippen molar-refractivity contribution in [2.24, 2.45) is 0 Å². The number of ether oxygens (including phenoxy) is 1. The molecule has 24 heavy (non-hydrogen) atoms. The Morgan fingerprint density at radius 2 is 1.92 bits per heavy atom. The van der Waals surface area contributed by atoms with Gasteiger partial charge in [-0.3, -0.25) is 0 Å². The minimum absolute atomic E-state index is 0.123. The Labute approximate surface area is 143 Å². The van der Waals surface area contributed by atoms with Crippen LogP contribution in [-0.4, -0.2) is 15.1 Å². The Hall–Kier alpha value is -2.99. The van der Waals surface area contributed by atoms with Gasteiger partial charge in [0.25, 0.3) is 0 Å². The summed E-state index contributed by atoms with van der Waals surface area (Å²) >= 11 is 5.87. The fraction of sp³-hybridized carbons (Fsp3) is 0.0588. The van der Waals surface area contributed by atoms with Gasteiger partial charge in [0.05, 0.1) is 6.20 Å². The van der Waals surface area contributed by atoms with Gasteiger partial charge in [-0.05, 0) is 55.0 Å². The van der Waals surface area contributed by atoms with Crippen LogP contribution in [0.25, 0.3) is 0 Å². The lowest BCUT2D eigenvalue weighted by atomic mass is 10.2. The van der Waals surface area contributed by atoms with Crippen LogP contribution in [0.2, 0.25) is 5.02 Å². The monoisotopic (exact) mass is 342 g/mol. The van der Waals surface area contributed by atoms with Gasteiger partial charge in [0.15, 0.2) is 11.6 Å². The zero-order chi connectivity index (χ0) is 17.1. The molecule has 0 unspecified atom stereocenters. The van der Waals surface area contributed by atoms with E-state index in [-0.39, 0.29) is 11.7 Å². The fourth-order valence-corrected chi connectivity index (χ4v) is 2.22. The molecule has 2 aromatic carbocycles. The Balaban J connectivity index is 1.91. The molecular weight excluding hydrogens is 328 g/mol. The lowest BCUT2D eigenvalue weighted by Crippen LogP contribution is -2.03. The topological polar surface area (TPSA) is 93.3 Å². The molecule has 0 atom stereocenters. The molecule has 0 aliphatic carbocycles. The Morgan fingerprint density at radius 3 is 2.62 bits per heavy atom. The Bertz CT molecular complexity index is 869. The van der Waals surface area contributed by atoms with Crippen LogP contribution in [0.3, 0.4) is 0 Å². The highest BCUT2D eigenvalue weighted by atomic mass is 35.5. The Morgan fingerprint density at radius 1 is 1.17 bits per heavy atom. The molecule has 0 amide bonds. The number of hydrogen-bond acceptors (Lipinski definition) is 6. The summed E-state index contributed by atoms with van der Waals surface area (Å²) in [4.78, 5) is 8.15. The van der Waals surface area contributed by atoms with E-state index in [1.54, 1.807) is 42.5 Å². The standard InChI is InChI=1S/C17H15ClN4O2/c1-10-8-12(23)4-7-14(10)21-16-15(9-20-17(19)22-16)24-13-5-2-11(18)3-6-13/h2-9,23H,1H3,(H3,19,20,21,22). The number of hydrogen-bond donors (Lipinski definition) is 3. The quantitative estimate of drug-likeness (QED) is 0.613. The van der Waals surface area contributed by atoms with Gasteiger partial charge in [0, 0.05) is 10.7 Å². The molecular formula is C17H15ClN4O2. The predicted molar refractivity (Wildman–Crippen MR) is 94.1 cm³/mol. The first-order chi connectivity index (χ1) is 11.5. The van der Waals surface area contributed by atoms with E-state index in [4.69, 9.17) is 22.1 Å². The van der Waals surface area contributed by atoms with Crippen molar-refractivity contribution in [1.82, 2.24) is 9.97 Å². The molecule has 6 nitrogen and oxygen atoms in total. The number of aromatic hydroxyl groups is 1. The number of halogens is 1. The minimum Gasteiger partial charge on any atom is -0.508 e. The summed E-state index contributed by atoms with van der Waals surface area (Å²) in [7, 11) is 0. The second-order valence-electron chi connectivity index (χ2n) is 5.12. The van der Waals surface area contributed by atoms with Crippen LogP contribution in [0.5, 0.6) is 17.2 Å². The van der Waals surface area contributed by atoms with Crippen LogP contribution in [-0.2, 0) is 0 Å². The van der Waals surface area contributed by atoms with E-state index in [0.717, 1.165) is 11.3 Å². The molecule has 0 spiro atoms. The molecule has 0 saturated heterocycles. The second kappa shape index (κ2) is 6.64. The number of nitrogens with one attached hydrogen (secondary N) is 1. The number of nitrogens with zero attached hydrogens (tertiary/aromatic N) is 2. The van der Waals surface area contributed by atoms with E-state index in [2.05, 4.69) is 15.3 Å². The number of aryl methyl sites for hydroxylation is 1. The van der Waals surface area contributed by atoms with E-state index in [1.807, 2.05) is 6.92 Å². The largest absolute Gasteiger partial charge is 0.508 e. The second-order valence-corrected chi connectivity index (χ2v) is 5.56. The molecule has 1 aromatic heterocycles.